The summed E-state index contributed by atoms with van der Waals surface area (Å²) in [4.78, 5) is 18.4. The van der Waals surface area contributed by atoms with E-state index in [9.17, 15) is 4.79 Å². The van der Waals surface area contributed by atoms with Crippen molar-refractivity contribution in [1.82, 2.24) is 14.6 Å². The summed E-state index contributed by atoms with van der Waals surface area (Å²) in [6, 6.07) is 19.7. The molecular formula is C26H23N4O+. The molecule has 2 heterocycles. The Balaban J connectivity index is 1.78. The van der Waals surface area contributed by atoms with Crippen LogP contribution in [-0.2, 0) is 7.05 Å². The molecule has 0 aliphatic rings. The fraction of sp³-hybridized carbons (Fsp3) is 0.115. The highest BCUT2D eigenvalue weighted by Gasteiger charge is 2.15. The summed E-state index contributed by atoms with van der Waals surface area (Å²) in [6.45, 7) is 4.05. The van der Waals surface area contributed by atoms with Gasteiger partial charge in [-0.05, 0) is 55.3 Å². The Hall–Kier alpha value is -3.99. The summed E-state index contributed by atoms with van der Waals surface area (Å²) >= 11 is 0. The van der Waals surface area contributed by atoms with Gasteiger partial charge in [0.25, 0.3) is 5.56 Å². The molecule has 0 radical (unpaired) electrons. The molecule has 152 valence electrons. The molecule has 0 bridgehead atoms. The monoisotopic (exact) mass is 407 g/mol. The highest BCUT2D eigenvalue weighted by molar-refractivity contribution is 5.89. The van der Waals surface area contributed by atoms with E-state index >= 15 is 0 Å². The summed E-state index contributed by atoms with van der Waals surface area (Å²) < 4.78 is 3.67. The minimum atomic E-state index is -0.0628. The highest BCUT2D eigenvalue weighted by atomic mass is 16.1. The molecule has 5 rings (SSSR count). The number of nitrogens with one attached hydrogen (secondary N) is 1. The van der Waals surface area contributed by atoms with E-state index in [1.807, 2.05) is 92.5 Å². The molecule has 0 spiro atoms. The summed E-state index contributed by atoms with van der Waals surface area (Å²) in [7, 11) is 1.97. The summed E-state index contributed by atoms with van der Waals surface area (Å²) in [5.74, 6) is 0.606. The van der Waals surface area contributed by atoms with Crippen LogP contribution in [0, 0.1) is 13.8 Å². The van der Waals surface area contributed by atoms with Crippen molar-refractivity contribution >= 4 is 34.0 Å². The molecule has 0 fully saturated rings. The fourth-order valence-corrected chi connectivity index (χ4v) is 4.18. The second-order valence-electron chi connectivity index (χ2n) is 7.86. The van der Waals surface area contributed by atoms with Crippen LogP contribution >= 0.6 is 0 Å². The second kappa shape index (κ2) is 7.36. The number of hydrogen-bond acceptors (Lipinski definition) is 2. The minimum Gasteiger partial charge on any atom is -0.268 e. The maximum Gasteiger partial charge on any atom is 0.266 e. The number of aryl methyl sites for hydroxylation is 3. The van der Waals surface area contributed by atoms with Crippen LogP contribution in [0.5, 0.6) is 0 Å². The van der Waals surface area contributed by atoms with Gasteiger partial charge in [-0.3, -0.25) is 9.36 Å². The number of aromatic nitrogens is 4. The van der Waals surface area contributed by atoms with Crippen molar-refractivity contribution in [3.63, 3.8) is 0 Å². The van der Waals surface area contributed by atoms with Gasteiger partial charge in [-0.1, -0.05) is 42.5 Å². The number of para-hydroxylation sites is 3. The second-order valence-corrected chi connectivity index (χ2v) is 7.86. The Labute approximate surface area is 179 Å². The molecule has 5 heteroatoms. The van der Waals surface area contributed by atoms with Crippen LogP contribution in [-0.4, -0.2) is 14.6 Å². The molecule has 3 aromatic carbocycles. The SMILES string of the molecule is Cc1cccc(C)c1-n1c(/C=C/c2cccc3c[n+](C)[nH]c23)nc2ccccc2c1=O. The van der Waals surface area contributed by atoms with E-state index in [0.717, 1.165) is 33.3 Å². The Kier molecular flexibility index (Phi) is 4.51. The standard InChI is InChI=1S/C26H22N4O/c1-17-8-6-9-18(2)25(17)30-23(27-22-13-5-4-12-21(22)26(30)31)15-14-19-10-7-11-20-16-29(3)28-24(19)20/h4-16H,1-3H3/p+1/b15-14+. The van der Waals surface area contributed by atoms with Crippen molar-refractivity contribution in [2.24, 2.45) is 7.05 Å². The Morgan fingerprint density at radius 1 is 0.935 bits per heavy atom. The summed E-state index contributed by atoms with van der Waals surface area (Å²) in [5, 5.41) is 5.09. The zero-order valence-electron chi connectivity index (χ0n) is 17.8. The van der Waals surface area contributed by atoms with Gasteiger partial charge in [0.05, 0.1) is 22.0 Å². The van der Waals surface area contributed by atoms with Gasteiger partial charge in [-0.15, -0.1) is 4.68 Å². The van der Waals surface area contributed by atoms with Crippen molar-refractivity contribution in [3.8, 4) is 5.69 Å². The predicted octanol–water partition coefficient (Wildman–Crippen LogP) is 4.48. The maximum atomic E-state index is 13.6. The van der Waals surface area contributed by atoms with Gasteiger partial charge in [0.1, 0.15) is 11.3 Å². The Morgan fingerprint density at radius 3 is 2.48 bits per heavy atom. The van der Waals surface area contributed by atoms with Crippen LogP contribution in [0.1, 0.15) is 22.5 Å². The van der Waals surface area contributed by atoms with Gasteiger partial charge in [-0.25, -0.2) is 4.98 Å². The van der Waals surface area contributed by atoms with Crippen molar-refractivity contribution in [2.75, 3.05) is 0 Å². The van der Waals surface area contributed by atoms with Crippen LogP contribution in [0.25, 0.3) is 39.6 Å². The fourth-order valence-electron chi connectivity index (χ4n) is 4.18. The summed E-state index contributed by atoms with van der Waals surface area (Å²) in [5.41, 5.74) is 5.66. The lowest BCUT2D eigenvalue weighted by atomic mass is 10.1. The number of aromatic amines is 1. The zero-order valence-corrected chi connectivity index (χ0v) is 17.8. The van der Waals surface area contributed by atoms with Gasteiger partial charge >= 0.3 is 0 Å². The van der Waals surface area contributed by atoms with Crippen LogP contribution in [0.2, 0.25) is 0 Å². The lowest BCUT2D eigenvalue weighted by Gasteiger charge is -2.16. The van der Waals surface area contributed by atoms with E-state index in [1.165, 1.54) is 0 Å². The molecule has 1 N–H and O–H groups in total. The van der Waals surface area contributed by atoms with E-state index in [1.54, 1.807) is 4.57 Å². The Bertz CT molecular complexity index is 1520. The smallest absolute Gasteiger partial charge is 0.266 e. The van der Waals surface area contributed by atoms with Crippen molar-refractivity contribution in [3.05, 3.63) is 99.7 Å². The lowest BCUT2D eigenvalue weighted by molar-refractivity contribution is -0.724. The van der Waals surface area contributed by atoms with E-state index in [2.05, 4.69) is 17.2 Å². The van der Waals surface area contributed by atoms with Crippen LogP contribution < -0.4 is 10.2 Å². The number of nitrogens with zero attached hydrogens (tertiary/aromatic N) is 3. The Morgan fingerprint density at radius 2 is 1.68 bits per heavy atom. The number of rotatable bonds is 3. The van der Waals surface area contributed by atoms with Gasteiger partial charge in [-0.2, -0.15) is 5.10 Å². The average Bonchev–Trinajstić information content (AvgIpc) is 3.14. The van der Waals surface area contributed by atoms with Crippen LogP contribution in [0.4, 0.5) is 0 Å². The molecule has 0 saturated heterocycles. The number of fused-ring (bicyclic) bond motifs is 2. The molecule has 0 aliphatic carbocycles. The average molecular weight is 407 g/mol. The third kappa shape index (κ3) is 3.24. The topological polar surface area (TPSA) is 54.6 Å². The van der Waals surface area contributed by atoms with Crippen molar-refractivity contribution in [1.29, 1.82) is 0 Å². The normalized spacial score (nSPS) is 11.7. The van der Waals surface area contributed by atoms with E-state index in [0.29, 0.717) is 16.7 Å². The van der Waals surface area contributed by atoms with Gasteiger partial charge < -0.3 is 0 Å². The maximum absolute atomic E-state index is 13.6. The van der Waals surface area contributed by atoms with E-state index in [4.69, 9.17) is 4.98 Å². The quantitative estimate of drug-likeness (QED) is 0.449. The van der Waals surface area contributed by atoms with E-state index < -0.39 is 0 Å². The first-order valence-corrected chi connectivity index (χ1v) is 10.3. The van der Waals surface area contributed by atoms with E-state index in [-0.39, 0.29) is 5.56 Å². The first-order chi connectivity index (χ1) is 15.0. The molecule has 5 nitrogen and oxygen atoms in total. The number of benzene rings is 3. The third-order valence-electron chi connectivity index (χ3n) is 5.63. The lowest BCUT2D eigenvalue weighted by Crippen LogP contribution is -2.28. The van der Waals surface area contributed by atoms with Gasteiger partial charge in [0.15, 0.2) is 7.05 Å². The first-order valence-electron chi connectivity index (χ1n) is 10.3. The van der Waals surface area contributed by atoms with Crippen molar-refractivity contribution in [2.45, 2.75) is 13.8 Å². The zero-order chi connectivity index (χ0) is 21.5. The predicted molar refractivity (Wildman–Crippen MR) is 125 cm³/mol. The van der Waals surface area contributed by atoms with Crippen LogP contribution in [0.3, 0.4) is 0 Å². The molecular weight excluding hydrogens is 384 g/mol. The first kappa shape index (κ1) is 19.0. The molecule has 31 heavy (non-hydrogen) atoms. The minimum absolute atomic E-state index is 0.0628. The molecule has 0 saturated carbocycles. The van der Waals surface area contributed by atoms with Gasteiger partial charge in [0.2, 0.25) is 6.20 Å². The number of H-pyrrole nitrogens is 1. The van der Waals surface area contributed by atoms with Gasteiger partial charge in [0, 0.05) is 5.56 Å². The molecule has 2 aromatic heterocycles. The molecule has 0 amide bonds. The highest BCUT2D eigenvalue weighted by Crippen LogP contribution is 2.22. The number of hydrogen-bond donors (Lipinski definition) is 1. The van der Waals surface area contributed by atoms with Crippen LogP contribution in [0.15, 0.2) is 71.7 Å². The molecule has 0 unspecified atom stereocenters. The third-order valence-corrected chi connectivity index (χ3v) is 5.63. The molecule has 0 atom stereocenters. The molecule has 5 aromatic rings. The largest absolute Gasteiger partial charge is 0.268 e. The van der Waals surface area contributed by atoms with Crippen molar-refractivity contribution < 1.29 is 4.68 Å². The summed E-state index contributed by atoms with van der Waals surface area (Å²) in [6.07, 6.45) is 5.99. The molecule has 0 aliphatic heterocycles.